The van der Waals surface area contributed by atoms with Gasteiger partial charge < -0.3 is 20.5 Å². The number of halogens is 7. The Kier molecular flexibility index (Phi) is 16.4. The van der Waals surface area contributed by atoms with Crippen LogP contribution in [0.3, 0.4) is 0 Å². The number of rotatable bonds is 6. The number of anilines is 3. The molecule has 0 unspecified atom stereocenters. The maximum atomic E-state index is 13.5. The number of nitrogens with two attached hydrogens (primary N) is 1. The van der Waals surface area contributed by atoms with Gasteiger partial charge >= 0.3 is 11.4 Å². The van der Waals surface area contributed by atoms with E-state index >= 15 is 0 Å². The molecular weight excluding hydrogens is 704 g/mol. The van der Waals surface area contributed by atoms with E-state index in [1.54, 1.807) is 0 Å². The summed E-state index contributed by atoms with van der Waals surface area (Å²) in [5, 5.41) is 24.0. The topological polar surface area (TPSA) is 220 Å². The summed E-state index contributed by atoms with van der Waals surface area (Å²) in [6.45, 7) is 0. The fraction of sp³-hybridized carbons (Fsp3) is 0.143. The minimum atomic E-state index is -1.01. The van der Waals surface area contributed by atoms with Gasteiger partial charge in [0.15, 0.2) is 0 Å². The van der Waals surface area contributed by atoms with E-state index in [1.165, 1.54) is 20.5 Å². The summed E-state index contributed by atoms with van der Waals surface area (Å²) in [7, 11) is 2.60. The van der Waals surface area contributed by atoms with Crippen molar-refractivity contribution in [1.29, 1.82) is 0 Å². The minimum Gasteiger partial charge on any atom is -0.494 e. The van der Waals surface area contributed by atoms with Crippen LogP contribution in [0.25, 0.3) is 0 Å². The normalized spacial score (nSPS) is 9.57. The third-order valence-corrected chi connectivity index (χ3v) is 4.81. The Morgan fingerprint density at radius 2 is 1.23 bits per heavy atom. The lowest BCUT2D eigenvalue weighted by atomic mass is 10.2. The maximum absolute atomic E-state index is 13.5. The van der Waals surface area contributed by atoms with Gasteiger partial charge in [0.1, 0.15) is 24.2 Å². The zero-order chi connectivity index (χ0) is 33.4. The van der Waals surface area contributed by atoms with Crippen LogP contribution in [0.4, 0.5) is 37.5 Å². The zero-order valence-electron chi connectivity index (χ0n) is 21.9. The number of nitro benzene ring substituents is 2. The van der Waals surface area contributed by atoms with Crippen LogP contribution in [0.1, 0.15) is 0 Å². The highest BCUT2D eigenvalue weighted by Crippen LogP contribution is 2.33. The highest BCUT2D eigenvalue weighted by molar-refractivity contribution is 6.40. The SMILES string of the molecule is COc1cc(F)c([N+](=O)[O-])cc1N.COc1cc(F)c([N+](=O)[O-])cc1Nc1ncnc(Cl)n1.ClCCl.Clc1ncnc(Cl)n1. The third-order valence-electron chi connectivity index (χ3n) is 4.26. The molecule has 0 saturated carbocycles. The van der Waals surface area contributed by atoms with Gasteiger partial charge in [-0.15, -0.1) is 23.2 Å². The molecule has 3 N–H and O–H groups in total. The van der Waals surface area contributed by atoms with Crippen molar-refractivity contribution < 1.29 is 28.1 Å². The Morgan fingerprint density at radius 3 is 1.64 bits per heavy atom. The zero-order valence-corrected chi connectivity index (χ0v) is 25.7. The average Bonchev–Trinajstić information content (AvgIpc) is 2.95. The van der Waals surface area contributed by atoms with Gasteiger partial charge in [0, 0.05) is 24.3 Å². The van der Waals surface area contributed by atoms with E-state index in [9.17, 15) is 29.0 Å². The first-order valence-electron chi connectivity index (χ1n) is 10.8. The second-order valence-electron chi connectivity index (χ2n) is 6.89. The van der Waals surface area contributed by atoms with Gasteiger partial charge in [0.25, 0.3) is 0 Å². The maximum Gasteiger partial charge on any atom is 0.307 e. The molecule has 23 heteroatoms. The van der Waals surface area contributed by atoms with E-state index in [2.05, 4.69) is 40.0 Å². The van der Waals surface area contributed by atoms with Crippen molar-refractivity contribution >= 4 is 86.7 Å². The van der Waals surface area contributed by atoms with Gasteiger partial charge in [-0.1, -0.05) is 0 Å². The lowest BCUT2D eigenvalue weighted by Crippen LogP contribution is -2.02. The smallest absolute Gasteiger partial charge is 0.307 e. The summed E-state index contributed by atoms with van der Waals surface area (Å²) < 4.78 is 36.0. The predicted molar refractivity (Wildman–Crippen MR) is 158 cm³/mol. The number of nitrogens with zero attached hydrogens (tertiary/aromatic N) is 8. The summed E-state index contributed by atoms with van der Waals surface area (Å²) in [5.41, 5.74) is 4.15. The summed E-state index contributed by atoms with van der Waals surface area (Å²) in [4.78, 5) is 40.9. The molecule has 0 spiro atoms. The lowest BCUT2D eigenvalue weighted by Gasteiger charge is -2.10. The summed E-state index contributed by atoms with van der Waals surface area (Å²) in [6, 6.07) is 3.68. The van der Waals surface area contributed by atoms with Crippen LogP contribution >= 0.6 is 58.0 Å². The molecule has 16 nitrogen and oxygen atoms in total. The van der Waals surface area contributed by atoms with Crippen LogP contribution in [0.2, 0.25) is 15.9 Å². The molecule has 0 saturated heterocycles. The van der Waals surface area contributed by atoms with Crippen LogP contribution in [0.15, 0.2) is 36.9 Å². The van der Waals surface area contributed by atoms with E-state index in [-0.39, 0.29) is 50.0 Å². The van der Waals surface area contributed by atoms with Gasteiger partial charge in [0.05, 0.1) is 40.8 Å². The van der Waals surface area contributed by atoms with Crippen LogP contribution < -0.4 is 20.5 Å². The van der Waals surface area contributed by atoms with Crippen molar-refractivity contribution in [2.45, 2.75) is 0 Å². The molecule has 236 valence electrons. The number of nitro groups is 2. The standard InChI is InChI=1S/C10H7ClFN5O3.C7H7FN2O3.C3HCl2N3.CH2Cl2/c1-20-8-2-5(12)7(17(18)19)3-6(8)15-10-14-4-13-9(11)16-10;1-13-7-2-4(8)6(10(11)12)3-5(7)9;4-2-6-1-7-3(5)8-2;2-1-3/h2-4H,1H3,(H,13,14,15,16);2-3H,9H2,1H3;1H;1H2. The number of methoxy groups -OCH3 is 2. The molecule has 44 heavy (non-hydrogen) atoms. The Morgan fingerprint density at radius 1 is 0.795 bits per heavy atom. The van der Waals surface area contributed by atoms with E-state index in [0.717, 1.165) is 30.6 Å². The van der Waals surface area contributed by atoms with Gasteiger partial charge in [-0.3, -0.25) is 20.2 Å². The molecule has 0 aliphatic carbocycles. The molecule has 2 heterocycles. The summed E-state index contributed by atoms with van der Waals surface area (Å²) in [6.07, 6.45) is 2.40. The molecule has 0 aliphatic heterocycles. The Balaban J connectivity index is 0.000000344. The molecule has 0 atom stereocenters. The molecule has 2 aromatic heterocycles. The fourth-order valence-corrected chi connectivity index (χ4v) is 2.96. The molecule has 0 fully saturated rings. The molecule has 2 aromatic carbocycles. The predicted octanol–water partition coefficient (Wildman–Crippen LogP) is 6.25. The summed E-state index contributed by atoms with van der Waals surface area (Å²) in [5.74, 6) is -1.78. The molecule has 0 bridgehead atoms. The van der Waals surface area contributed by atoms with Crippen molar-refractivity contribution in [3.05, 3.63) is 84.6 Å². The first kappa shape index (κ1) is 37.8. The van der Waals surface area contributed by atoms with E-state index in [0.29, 0.717) is 0 Å². The summed E-state index contributed by atoms with van der Waals surface area (Å²) >= 11 is 25.7. The van der Waals surface area contributed by atoms with Gasteiger partial charge in [-0.25, -0.2) is 19.9 Å². The first-order chi connectivity index (χ1) is 20.8. The van der Waals surface area contributed by atoms with Crippen molar-refractivity contribution in [2.24, 2.45) is 0 Å². The highest BCUT2D eigenvalue weighted by Gasteiger charge is 2.20. The number of ether oxygens (including phenoxy) is 2. The fourth-order valence-electron chi connectivity index (χ4n) is 2.54. The van der Waals surface area contributed by atoms with E-state index in [1.807, 2.05) is 0 Å². The number of benzene rings is 2. The molecular formula is C21H17Cl5F2N10O6. The van der Waals surface area contributed by atoms with E-state index in [4.69, 9.17) is 68.5 Å². The van der Waals surface area contributed by atoms with Crippen LogP contribution in [0, 0.1) is 31.9 Å². The monoisotopic (exact) mass is 718 g/mol. The molecule has 4 rings (SSSR count). The number of hydrogen-bond acceptors (Lipinski definition) is 14. The average molecular weight is 721 g/mol. The van der Waals surface area contributed by atoms with Gasteiger partial charge in [-0.2, -0.15) is 18.7 Å². The van der Waals surface area contributed by atoms with Gasteiger partial charge in [0.2, 0.25) is 33.4 Å². The lowest BCUT2D eigenvalue weighted by molar-refractivity contribution is -0.387. The number of nitrogen functional groups attached to an aromatic ring is 1. The first-order valence-corrected chi connectivity index (χ1v) is 13.0. The van der Waals surface area contributed by atoms with Crippen LogP contribution in [-0.4, -0.2) is 59.3 Å². The Labute approximate surface area is 270 Å². The van der Waals surface area contributed by atoms with Crippen LogP contribution in [-0.2, 0) is 0 Å². The van der Waals surface area contributed by atoms with E-state index < -0.39 is 32.9 Å². The second-order valence-corrected chi connectivity index (χ2v) is 8.71. The molecule has 0 amide bonds. The highest BCUT2D eigenvalue weighted by atomic mass is 35.5. The van der Waals surface area contributed by atoms with Crippen molar-refractivity contribution in [3.8, 4) is 11.5 Å². The Bertz CT molecular complexity index is 1560. The number of aromatic nitrogens is 6. The largest absolute Gasteiger partial charge is 0.494 e. The third kappa shape index (κ3) is 12.6. The second kappa shape index (κ2) is 19.1. The Hall–Kier alpha value is -4.23. The van der Waals surface area contributed by atoms with Crippen LogP contribution in [0.5, 0.6) is 11.5 Å². The molecule has 0 radical (unpaired) electrons. The quantitative estimate of drug-likeness (QED) is 0.0973. The van der Waals surface area contributed by atoms with Crippen molar-refractivity contribution in [3.63, 3.8) is 0 Å². The van der Waals surface area contributed by atoms with Crippen molar-refractivity contribution in [1.82, 2.24) is 29.9 Å². The molecule has 0 aliphatic rings. The van der Waals surface area contributed by atoms with Crippen molar-refractivity contribution in [2.75, 3.05) is 30.6 Å². The van der Waals surface area contributed by atoms with Gasteiger partial charge in [-0.05, 0) is 34.8 Å². The molecule has 4 aromatic rings. The minimum absolute atomic E-state index is 0.0376. The number of nitrogens with one attached hydrogen (secondary N) is 1. The number of alkyl halides is 2. The number of hydrogen-bond donors (Lipinski definition) is 2.